The summed E-state index contributed by atoms with van der Waals surface area (Å²) < 4.78 is 63.2. The van der Waals surface area contributed by atoms with Crippen LogP contribution in [-0.2, 0) is 9.53 Å². The lowest BCUT2D eigenvalue weighted by Crippen LogP contribution is -2.24. The molecule has 0 aliphatic rings. The van der Waals surface area contributed by atoms with Crippen LogP contribution in [0, 0.1) is 0 Å². The molecular weight excluding hydrogens is 299 g/mol. The molecule has 0 fully saturated rings. The molecule has 0 saturated carbocycles. The number of alkyl halides is 1. The summed E-state index contributed by atoms with van der Waals surface area (Å²) in [5.74, 6) is -3.11. The summed E-state index contributed by atoms with van der Waals surface area (Å²) >= 11 is 2.36. The highest BCUT2D eigenvalue weighted by Crippen LogP contribution is 2.98. The number of ether oxygens (including phenoxy) is 1. The normalized spacial score (nSPS) is 19.4. The fourth-order valence-corrected chi connectivity index (χ4v) is 3.01. The van der Waals surface area contributed by atoms with E-state index in [9.17, 15) is 24.2 Å². The standard InChI is InChI=1S/C5H8BrF5O2S/c1-4(12)13-2-5(6)3-14(7,8,9,10)11/h5H,2-3H2,1H3. The van der Waals surface area contributed by atoms with Crippen molar-refractivity contribution in [3.05, 3.63) is 0 Å². The molecule has 1 atom stereocenters. The third-order valence-electron chi connectivity index (χ3n) is 0.963. The van der Waals surface area contributed by atoms with Crippen molar-refractivity contribution in [1.82, 2.24) is 0 Å². The molecule has 14 heavy (non-hydrogen) atoms. The van der Waals surface area contributed by atoms with Crippen LogP contribution in [0.15, 0.2) is 0 Å². The Hall–Kier alpha value is -0.0500. The highest BCUT2D eigenvalue weighted by molar-refractivity contribution is 9.09. The lowest BCUT2D eigenvalue weighted by Gasteiger charge is -2.41. The zero-order valence-electron chi connectivity index (χ0n) is 6.98. The van der Waals surface area contributed by atoms with Gasteiger partial charge in [0.05, 0.1) is 4.83 Å². The Morgan fingerprint density at radius 1 is 1.36 bits per heavy atom. The van der Waals surface area contributed by atoms with E-state index in [-0.39, 0.29) is 0 Å². The minimum absolute atomic E-state index is 0.735. The van der Waals surface area contributed by atoms with E-state index < -0.39 is 33.4 Å². The van der Waals surface area contributed by atoms with Crippen LogP contribution < -0.4 is 0 Å². The van der Waals surface area contributed by atoms with Crippen LogP contribution >= 0.6 is 26.2 Å². The van der Waals surface area contributed by atoms with Gasteiger partial charge in [0.25, 0.3) is 10.2 Å². The van der Waals surface area contributed by atoms with Crippen molar-refractivity contribution in [2.24, 2.45) is 0 Å². The van der Waals surface area contributed by atoms with Gasteiger partial charge in [0.15, 0.2) is 0 Å². The summed E-state index contributed by atoms with van der Waals surface area (Å²) in [6, 6.07) is 0. The average molecular weight is 307 g/mol. The van der Waals surface area contributed by atoms with Gasteiger partial charge in [-0.05, 0) is 0 Å². The Balaban J connectivity index is 4.22. The third kappa shape index (κ3) is 10.0. The van der Waals surface area contributed by atoms with Gasteiger partial charge in [0.1, 0.15) is 12.4 Å². The molecule has 0 saturated heterocycles. The van der Waals surface area contributed by atoms with Crippen LogP contribution in [0.3, 0.4) is 0 Å². The summed E-state index contributed by atoms with van der Waals surface area (Å²) in [6.07, 6.45) is 0. The molecule has 0 N–H and O–H groups in total. The van der Waals surface area contributed by atoms with Gasteiger partial charge in [-0.25, -0.2) is 0 Å². The predicted molar refractivity (Wildman–Crippen MR) is 47.3 cm³/mol. The molecule has 0 aromatic carbocycles. The smallest absolute Gasteiger partial charge is 0.302 e. The molecular formula is C5H8BrF5O2S. The Labute approximate surface area is 85.6 Å². The highest BCUT2D eigenvalue weighted by Gasteiger charge is 2.64. The quantitative estimate of drug-likeness (QED) is 0.450. The van der Waals surface area contributed by atoms with E-state index in [2.05, 4.69) is 20.7 Å². The Kier molecular flexibility index (Phi) is 3.21. The molecule has 0 bridgehead atoms. The molecule has 0 aromatic heterocycles. The predicted octanol–water partition coefficient (Wildman–Crippen LogP) is 3.61. The maximum absolute atomic E-state index is 11.8. The summed E-state index contributed by atoms with van der Waals surface area (Å²) in [4.78, 5) is 8.55. The van der Waals surface area contributed by atoms with E-state index >= 15 is 0 Å². The van der Waals surface area contributed by atoms with Crippen molar-refractivity contribution in [2.75, 3.05) is 12.4 Å². The third-order valence-corrected chi connectivity index (χ3v) is 3.01. The maximum atomic E-state index is 11.8. The van der Waals surface area contributed by atoms with Gasteiger partial charge in [0.2, 0.25) is 0 Å². The number of halogens is 6. The van der Waals surface area contributed by atoms with Gasteiger partial charge in [-0.2, -0.15) is 0 Å². The van der Waals surface area contributed by atoms with Crippen LogP contribution in [0.2, 0.25) is 0 Å². The lowest BCUT2D eigenvalue weighted by atomic mass is 10.5. The van der Waals surface area contributed by atoms with E-state index in [0.717, 1.165) is 6.92 Å². The fourth-order valence-electron chi connectivity index (χ4n) is 0.598. The zero-order valence-corrected chi connectivity index (χ0v) is 9.39. The molecule has 0 heterocycles. The van der Waals surface area contributed by atoms with Gasteiger partial charge in [-0.15, -0.1) is 0 Å². The number of carbonyl (C=O) groups is 1. The summed E-state index contributed by atoms with van der Waals surface area (Å²) in [5, 5.41) is 0. The molecule has 0 aromatic rings. The number of rotatable bonds is 4. The summed E-state index contributed by atoms with van der Waals surface area (Å²) in [5.41, 5.74) is 0. The minimum Gasteiger partial charge on any atom is -0.465 e. The van der Waals surface area contributed by atoms with Gasteiger partial charge in [0, 0.05) is 6.92 Å². The molecule has 0 radical (unpaired) electrons. The van der Waals surface area contributed by atoms with Crippen molar-refractivity contribution < 1.29 is 29.0 Å². The number of hydrogen-bond acceptors (Lipinski definition) is 2. The topological polar surface area (TPSA) is 26.3 Å². The monoisotopic (exact) mass is 306 g/mol. The summed E-state index contributed by atoms with van der Waals surface area (Å²) in [6.45, 7) is 0.236. The SMILES string of the molecule is CC(=O)OCC(Br)CS(F)(F)(F)(F)F. The van der Waals surface area contributed by atoms with E-state index in [4.69, 9.17) is 0 Å². The minimum atomic E-state index is -9.42. The molecule has 0 aliphatic heterocycles. The number of esters is 1. The van der Waals surface area contributed by atoms with Crippen molar-refractivity contribution >= 4 is 32.1 Å². The first-order valence-corrected chi connectivity index (χ1v) is 6.33. The van der Waals surface area contributed by atoms with Crippen LogP contribution in [0.4, 0.5) is 19.4 Å². The van der Waals surface area contributed by atoms with Crippen molar-refractivity contribution in [3.8, 4) is 0 Å². The number of carbonyl (C=O) groups excluding carboxylic acids is 1. The lowest BCUT2D eigenvalue weighted by molar-refractivity contribution is -0.140. The van der Waals surface area contributed by atoms with E-state index in [0.29, 0.717) is 0 Å². The molecule has 0 spiro atoms. The average Bonchev–Trinajstić information content (AvgIpc) is 1.75. The van der Waals surface area contributed by atoms with Crippen LogP contribution in [0.5, 0.6) is 0 Å². The van der Waals surface area contributed by atoms with Gasteiger partial charge >= 0.3 is 5.97 Å². The van der Waals surface area contributed by atoms with Crippen molar-refractivity contribution in [1.29, 1.82) is 0 Å². The fraction of sp³-hybridized carbons (Fsp3) is 0.800. The van der Waals surface area contributed by atoms with Crippen molar-refractivity contribution in [3.63, 3.8) is 0 Å². The first kappa shape index (κ1) is 13.9. The van der Waals surface area contributed by atoms with E-state index in [1.165, 1.54) is 0 Å². The van der Waals surface area contributed by atoms with Crippen molar-refractivity contribution in [2.45, 2.75) is 11.8 Å². The van der Waals surface area contributed by atoms with Crippen LogP contribution in [0.25, 0.3) is 0 Å². The summed E-state index contributed by atoms with van der Waals surface area (Å²) in [7, 11) is -9.42. The Morgan fingerprint density at radius 2 is 1.79 bits per heavy atom. The molecule has 0 rings (SSSR count). The van der Waals surface area contributed by atoms with Crippen LogP contribution in [-0.4, -0.2) is 23.2 Å². The highest BCUT2D eigenvalue weighted by atomic mass is 79.9. The van der Waals surface area contributed by atoms with Gasteiger partial charge < -0.3 is 4.74 Å². The number of hydrogen-bond donors (Lipinski definition) is 0. The molecule has 1 unspecified atom stereocenters. The first-order chi connectivity index (χ1) is 5.79. The molecule has 2 nitrogen and oxygen atoms in total. The molecule has 0 aliphatic carbocycles. The second-order valence-electron chi connectivity index (χ2n) is 2.70. The second kappa shape index (κ2) is 3.22. The maximum Gasteiger partial charge on any atom is 0.302 e. The first-order valence-electron chi connectivity index (χ1n) is 3.29. The van der Waals surface area contributed by atoms with E-state index in [1.807, 2.05) is 0 Å². The van der Waals surface area contributed by atoms with Gasteiger partial charge in [-0.3, -0.25) is 4.79 Å². The Bertz CT molecular complexity index is 236. The molecule has 88 valence electrons. The van der Waals surface area contributed by atoms with E-state index in [1.54, 1.807) is 0 Å². The molecule has 0 amide bonds. The molecule has 9 heteroatoms. The Morgan fingerprint density at radius 3 is 2.07 bits per heavy atom. The largest absolute Gasteiger partial charge is 0.465 e. The van der Waals surface area contributed by atoms with Gasteiger partial charge in [-0.1, -0.05) is 35.4 Å². The zero-order chi connectivity index (χ0) is 11.7. The second-order valence-corrected chi connectivity index (χ2v) is 6.58. The van der Waals surface area contributed by atoms with Crippen LogP contribution in [0.1, 0.15) is 6.92 Å².